The summed E-state index contributed by atoms with van der Waals surface area (Å²) in [6.45, 7) is 2.22. The monoisotopic (exact) mass is 291 g/mol. The molecule has 1 aromatic carbocycles. The molecule has 1 saturated carbocycles. The first-order chi connectivity index (χ1) is 10.2. The van der Waals surface area contributed by atoms with Crippen molar-refractivity contribution in [2.75, 3.05) is 6.61 Å². The zero-order chi connectivity index (χ0) is 15.1. The minimum Gasteiger partial charge on any atom is -0.490 e. The first-order valence-electron chi connectivity index (χ1n) is 7.85. The lowest BCUT2D eigenvalue weighted by atomic mass is 10.0. The molecule has 2 N–H and O–H groups in total. The average molecular weight is 291 g/mol. The van der Waals surface area contributed by atoms with Crippen molar-refractivity contribution < 1.29 is 15.1 Å². The highest BCUT2D eigenvalue weighted by atomic mass is 16.5. The van der Waals surface area contributed by atoms with Gasteiger partial charge in [-0.3, -0.25) is 0 Å². The van der Waals surface area contributed by atoms with Gasteiger partial charge in [0.25, 0.3) is 0 Å². The number of hydrogen-bond donors (Lipinski definition) is 2. The highest BCUT2D eigenvalue weighted by Crippen LogP contribution is 2.29. The highest BCUT2D eigenvalue weighted by Gasteiger charge is 2.19. The van der Waals surface area contributed by atoms with E-state index >= 15 is 0 Å². The predicted molar refractivity (Wildman–Crippen MR) is 83.1 cm³/mol. The van der Waals surface area contributed by atoms with Crippen molar-refractivity contribution in [1.82, 2.24) is 0 Å². The van der Waals surface area contributed by atoms with E-state index in [2.05, 4.69) is 5.16 Å². The number of nitrogens with zero attached hydrogens (tertiary/aromatic N) is 1. The molecule has 1 fully saturated rings. The van der Waals surface area contributed by atoms with Gasteiger partial charge in [-0.2, -0.15) is 0 Å². The molecule has 0 bridgehead atoms. The number of ether oxygens (including phenoxy) is 1. The summed E-state index contributed by atoms with van der Waals surface area (Å²) in [5, 5.41) is 22.5. The quantitative estimate of drug-likeness (QED) is 0.458. The molecule has 116 valence electrons. The molecule has 0 aliphatic heterocycles. The summed E-state index contributed by atoms with van der Waals surface area (Å²) in [4.78, 5) is 0. The van der Waals surface area contributed by atoms with Crippen LogP contribution in [-0.2, 0) is 0 Å². The van der Waals surface area contributed by atoms with Crippen molar-refractivity contribution >= 4 is 5.71 Å². The Morgan fingerprint density at radius 1 is 1.33 bits per heavy atom. The van der Waals surface area contributed by atoms with Crippen molar-refractivity contribution in [3.8, 4) is 5.75 Å². The van der Waals surface area contributed by atoms with E-state index in [1.165, 1.54) is 25.7 Å². The second-order valence-electron chi connectivity index (χ2n) is 5.75. The molecule has 0 heterocycles. The maximum absolute atomic E-state index is 10.1. The molecular weight excluding hydrogens is 266 g/mol. The van der Waals surface area contributed by atoms with Crippen LogP contribution in [0.1, 0.15) is 51.0 Å². The fourth-order valence-corrected chi connectivity index (χ4v) is 3.03. The maximum Gasteiger partial charge on any atom is 0.128 e. The van der Waals surface area contributed by atoms with Crippen molar-refractivity contribution in [2.45, 2.75) is 51.6 Å². The van der Waals surface area contributed by atoms with Gasteiger partial charge in [0.1, 0.15) is 12.4 Å². The first-order valence-corrected chi connectivity index (χ1v) is 7.85. The molecule has 1 aromatic rings. The van der Waals surface area contributed by atoms with Gasteiger partial charge in [0, 0.05) is 5.56 Å². The molecule has 4 nitrogen and oxygen atoms in total. The molecule has 1 aliphatic carbocycles. The SMILES string of the molecule is CC/C(=N/O)c1ccccc1OCC(O)CC1CCCC1. The second-order valence-corrected chi connectivity index (χ2v) is 5.75. The third kappa shape index (κ3) is 4.46. The Balaban J connectivity index is 1.93. The molecule has 1 atom stereocenters. The Kier molecular flexibility index (Phi) is 6.05. The standard InChI is InChI=1S/C17H25NO3/c1-2-16(18-20)15-9-5-6-10-17(15)21-12-14(19)11-13-7-3-4-8-13/h5-6,9-10,13-14,19-20H,2-4,7-8,11-12H2,1H3/b18-16-. The number of aliphatic hydroxyl groups excluding tert-OH is 1. The van der Waals surface area contributed by atoms with E-state index in [1.807, 2.05) is 31.2 Å². The average Bonchev–Trinajstić information content (AvgIpc) is 3.00. The fourth-order valence-electron chi connectivity index (χ4n) is 3.03. The molecule has 4 heteroatoms. The summed E-state index contributed by atoms with van der Waals surface area (Å²) in [7, 11) is 0. The topological polar surface area (TPSA) is 62.1 Å². The van der Waals surface area contributed by atoms with Gasteiger partial charge >= 0.3 is 0 Å². The van der Waals surface area contributed by atoms with Gasteiger partial charge in [-0.05, 0) is 30.9 Å². The molecule has 0 spiro atoms. The largest absolute Gasteiger partial charge is 0.490 e. The summed E-state index contributed by atoms with van der Waals surface area (Å²) in [5.74, 6) is 1.31. The normalized spacial score (nSPS) is 17.9. The number of para-hydroxylation sites is 1. The van der Waals surface area contributed by atoms with E-state index in [-0.39, 0.29) is 6.61 Å². The minimum atomic E-state index is -0.433. The van der Waals surface area contributed by atoms with Crippen LogP contribution in [0.2, 0.25) is 0 Å². The van der Waals surface area contributed by atoms with Crippen molar-refractivity contribution in [3.63, 3.8) is 0 Å². The highest BCUT2D eigenvalue weighted by molar-refractivity contribution is 6.02. The van der Waals surface area contributed by atoms with Crippen LogP contribution in [0.15, 0.2) is 29.4 Å². The Hall–Kier alpha value is -1.55. The molecule has 0 radical (unpaired) electrons. The van der Waals surface area contributed by atoms with E-state index in [9.17, 15) is 5.11 Å². The second kappa shape index (κ2) is 8.03. The predicted octanol–water partition coefficient (Wildman–Crippen LogP) is 3.59. The Labute approximate surface area is 126 Å². The molecule has 21 heavy (non-hydrogen) atoms. The van der Waals surface area contributed by atoms with Gasteiger partial charge in [-0.25, -0.2) is 0 Å². The third-order valence-corrected chi connectivity index (χ3v) is 4.16. The fraction of sp³-hybridized carbons (Fsp3) is 0.588. The number of rotatable bonds is 7. The molecule has 1 unspecified atom stereocenters. The van der Waals surface area contributed by atoms with Gasteiger partial charge in [-0.15, -0.1) is 0 Å². The van der Waals surface area contributed by atoms with Crippen LogP contribution in [0, 0.1) is 5.92 Å². The lowest BCUT2D eigenvalue weighted by Gasteiger charge is -2.17. The summed E-state index contributed by atoms with van der Waals surface area (Å²) < 4.78 is 5.75. The Morgan fingerprint density at radius 2 is 2.05 bits per heavy atom. The zero-order valence-electron chi connectivity index (χ0n) is 12.7. The molecule has 0 aromatic heterocycles. The van der Waals surface area contributed by atoms with E-state index in [0.29, 0.717) is 23.8 Å². The van der Waals surface area contributed by atoms with Gasteiger partial charge in [0.05, 0.1) is 11.8 Å². The summed E-state index contributed by atoms with van der Waals surface area (Å²) in [6.07, 6.45) is 6.03. The van der Waals surface area contributed by atoms with Crippen molar-refractivity contribution in [3.05, 3.63) is 29.8 Å². The summed E-state index contributed by atoms with van der Waals surface area (Å²) >= 11 is 0. The Morgan fingerprint density at radius 3 is 2.71 bits per heavy atom. The van der Waals surface area contributed by atoms with Crippen LogP contribution >= 0.6 is 0 Å². The van der Waals surface area contributed by atoms with E-state index in [0.717, 1.165) is 12.0 Å². The van der Waals surface area contributed by atoms with Gasteiger partial charge in [0.2, 0.25) is 0 Å². The lowest BCUT2D eigenvalue weighted by Crippen LogP contribution is -2.21. The molecule has 2 rings (SSSR count). The summed E-state index contributed by atoms with van der Waals surface area (Å²) in [6, 6.07) is 7.49. The van der Waals surface area contributed by atoms with E-state index in [1.54, 1.807) is 0 Å². The number of aliphatic hydroxyl groups is 1. The summed E-state index contributed by atoms with van der Waals surface area (Å²) in [5.41, 5.74) is 1.38. The van der Waals surface area contributed by atoms with E-state index in [4.69, 9.17) is 9.94 Å². The smallest absolute Gasteiger partial charge is 0.128 e. The molecular formula is C17H25NO3. The lowest BCUT2D eigenvalue weighted by molar-refractivity contribution is 0.0854. The molecule has 0 amide bonds. The van der Waals surface area contributed by atoms with E-state index < -0.39 is 6.10 Å². The van der Waals surface area contributed by atoms with Crippen LogP contribution in [0.3, 0.4) is 0 Å². The maximum atomic E-state index is 10.1. The van der Waals surface area contributed by atoms with Crippen molar-refractivity contribution in [2.24, 2.45) is 11.1 Å². The van der Waals surface area contributed by atoms with Gasteiger partial charge < -0.3 is 15.1 Å². The Bertz CT molecular complexity index is 467. The first kappa shape index (κ1) is 15.8. The van der Waals surface area contributed by atoms with Crippen LogP contribution in [-0.4, -0.2) is 28.7 Å². The van der Waals surface area contributed by atoms with Crippen LogP contribution < -0.4 is 4.74 Å². The van der Waals surface area contributed by atoms with Crippen LogP contribution in [0.5, 0.6) is 5.75 Å². The minimum absolute atomic E-state index is 0.288. The van der Waals surface area contributed by atoms with Crippen LogP contribution in [0.4, 0.5) is 0 Å². The number of hydrogen-bond acceptors (Lipinski definition) is 4. The molecule has 0 saturated heterocycles. The number of oxime groups is 1. The van der Waals surface area contributed by atoms with Gasteiger partial charge in [0.15, 0.2) is 0 Å². The third-order valence-electron chi connectivity index (χ3n) is 4.16. The van der Waals surface area contributed by atoms with Crippen molar-refractivity contribution in [1.29, 1.82) is 0 Å². The molecule has 1 aliphatic rings. The number of benzene rings is 1. The van der Waals surface area contributed by atoms with Gasteiger partial charge in [-0.1, -0.05) is 49.9 Å². The zero-order valence-corrected chi connectivity index (χ0v) is 12.7. The van der Waals surface area contributed by atoms with Crippen LogP contribution in [0.25, 0.3) is 0 Å².